The van der Waals surface area contributed by atoms with Crippen LogP contribution in [0.5, 0.6) is 5.75 Å². The average molecular weight is 329 g/mol. The molecule has 2 aromatic rings. The van der Waals surface area contributed by atoms with Gasteiger partial charge in [-0.3, -0.25) is 14.9 Å². The van der Waals surface area contributed by atoms with Gasteiger partial charge in [-0.25, -0.2) is 0 Å². The topological polar surface area (TPSA) is 93.5 Å². The molecule has 0 aliphatic rings. The van der Waals surface area contributed by atoms with Gasteiger partial charge in [-0.05, 0) is 30.7 Å². The molecule has 2 aromatic carbocycles. The summed E-state index contributed by atoms with van der Waals surface area (Å²) in [6.45, 7) is 2.20. The highest BCUT2D eigenvalue weighted by molar-refractivity contribution is 5.92. The SMILES string of the molecule is COc1ccc(C)cc1NC(=O)CCNc1ccccc1[N+](=O)[O-]. The number of hydrogen-bond donors (Lipinski definition) is 2. The first-order valence-corrected chi connectivity index (χ1v) is 7.43. The van der Waals surface area contributed by atoms with E-state index in [2.05, 4.69) is 10.6 Å². The van der Waals surface area contributed by atoms with E-state index < -0.39 is 4.92 Å². The molecule has 126 valence electrons. The van der Waals surface area contributed by atoms with E-state index in [4.69, 9.17) is 4.74 Å². The summed E-state index contributed by atoms with van der Waals surface area (Å²) in [6.07, 6.45) is 0.170. The van der Waals surface area contributed by atoms with Crippen LogP contribution >= 0.6 is 0 Å². The van der Waals surface area contributed by atoms with Crippen molar-refractivity contribution < 1.29 is 14.5 Å². The zero-order valence-electron chi connectivity index (χ0n) is 13.5. The highest BCUT2D eigenvalue weighted by Crippen LogP contribution is 2.25. The molecule has 2 N–H and O–H groups in total. The first-order chi connectivity index (χ1) is 11.5. The molecule has 0 saturated heterocycles. The molecule has 24 heavy (non-hydrogen) atoms. The van der Waals surface area contributed by atoms with Crippen molar-refractivity contribution in [2.24, 2.45) is 0 Å². The van der Waals surface area contributed by atoms with Gasteiger partial charge in [0.05, 0.1) is 17.7 Å². The summed E-state index contributed by atoms with van der Waals surface area (Å²) in [4.78, 5) is 22.5. The number of carbonyl (C=O) groups is 1. The van der Waals surface area contributed by atoms with E-state index in [1.54, 1.807) is 24.3 Å². The molecule has 7 nitrogen and oxygen atoms in total. The van der Waals surface area contributed by atoms with E-state index in [9.17, 15) is 14.9 Å². The molecule has 0 radical (unpaired) electrons. The van der Waals surface area contributed by atoms with Gasteiger partial charge < -0.3 is 15.4 Å². The van der Waals surface area contributed by atoms with Gasteiger partial charge in [-0.15, -0.1) is 0 Å². The standard InChI is InChI=1S/C17H19N3O4/c1-12-7-8-16(24-2)14(11-12)19-17(21)9-10-18-13-5-3-4-6-15(13)20(22)23/h3-8,11,18H,9-10H2,1-2H3,(H,19,21). The summed E-state index contributed by atoms with van der Waals surface area (Å²) in [5.41, 5.74) is 1.99. The van der Waals surface area contributed by atoms with Crippen molar-refractivity contribution in [3.05, 3.63) is 58.1 Å². The number of benzene rings is 2. The maximum Gasteiger partial charge on any atom is 0.292 e. The number of nitrogens with zero attached hydrogens (tertiary/aromatic N) is 1. The molecule has 0 fully saturated rings. The molecule has 1 amide bonds. The Morgan fingerprint density at radius 3 is 2.67 bits per heavy atom. The lowest BCUT2D eigenvalue weighted by Crippen LogP contribution is -2.17. The second-order valence-electron chi connectivity index (χ2n) is 5.20. The fourth-order valence-corrected chi connectivity index (χ4v) is 2.23. The predicted molar refractivity (Wildman–Crippen MR) is 92.6 cm³/mol. The Bertz CT molecular complexity index is 746. The van der Waals surface area contributed by atoms with Crippen molar-refractivity contribution >= 4 is 23.0 Å². The minimum absolute atomic E-state index is 0.0155. The zero-order chi connectivity index (χ0) is 17.5. The minimum Gasteiger partial charge on any atom is -0.495 e. The van der Waals surface area contributed by atoms with Crippen molar-refractivity contribution in [3.63, 3.8) is 0 Å². The van der Waals surface area contributed by atoms with Crippen LogP contribution in [0.3, 0.4) is 0 Å². The molecule has 2 rings (SSSR count). The number of rotatable bonds is 7. The van der Waals surface area contributed by atoms with E-state index in [1.165, 1.54) is 13.2 Å². The van der Waals surface area contributed by atoms with E-state index >= 15 is 0 Å². The highest BCUT2D eigenvalue weighted by atomic mass is 16.6. The first kappa shape index (κ1) is 17.3. The van der Waals surface area contributed by atoms with Crippen molar-refractivity contribution in [1.29, 1.82) is 0 Å². The van der Waals surface area contributed by atoms with Crippen LogP contribution in [0.25, 0.3) is 0 Å². The van der Waals surface area contributed by atoms with Crippen LogP contribution in [-0.2, 0) is 4.79 Å². The van der Waals surface area contributed by atoms with E-state index in [0.29, 0.717) is 17.1 Å². The molecule has 0 aromatic heterocycles. The number of nitro benzene ring substituents is 1. The third-order valence-electron chi connectivity index (χ3n) is 3.40. The number of nitrogens with one attached hydrogen (secondary N) is 2. The van der Waals surface area contributed by atoms with Crippen LogP contribution in [-0.4, -0.2) is 24.5 Å². The van der Waals surface area contributed by atoms with Crippen molar-refractivity contribution in [2.75, 3.05) is 24.3 Å². The monoisotopic (exact) mass is 329 g/mol. The second-order valence-corrected chi connectivity index (χ2v) is 5.20. The van der Waals surface area contributed by atoms with Gasteiger partial charge in [0.25, 0.3) is 5.69 Å². The Morgan fingerprint density at radius 2 is 1.96 bits per heavy atom. The van der Waals surface area contributed by atoms with Gasteiger partial charge in [-0.1, -0.05) is 18.2 Å². The fourth-order valence-electron chi connectivity index (χ4n) is 2.23. The summed E-state index contributed by atoms with van der Waals surface area (Å²) in [7, 11) is 1.54. The minimum atomic E-state index is -0.458. The molecule has 0 aliphatic carbocycles. The highest BCUT2D eigenvalue weighted by Gasteiger charge is 2.12. The second kappa shape index (κ2) is 7.96. The Balaban J connectivity index is 1.93. The van der Waals surface area contributed by atoms with Gasteiger partial charge in [0, 0.05) is 19.0 Å². The summed E-state index contributed by atoms with van der Waals surface area (Å²) in [5, 5.41) is 16.6. The van der Waals surface area contributed by atoms with Crippen LogP contribution in [0.4, 0.5) is 17.1 Å². The largest absolute Gasteiger partial charge is 0.495 e. The van der Waals surface area contributed by atoms with Crippen LogP contribution in [0.15, 0.2) is 42.5 Å². The van der Waals surface area contributed by atoms with Crippen LogP contribution in [0.2, 0.25) is 0 Å². The quantitative estimate of drug-likeness (QED) is 0.600. The Morgan fingerprint density at radius 1 is 1.21 bits per heavy atom. The van der Waals surface area contributed by atoms with Crippen LogP contribution in [0.1, 0.15) is 12.0 Å². The lowest BCUT2D eigenvalue weighted by Gasteiger charge is -2.11. The van der Waals surface area contributed by atoms with E-state index in [-0.39, 0.29) is 24.6 Å². The van der Waals surface area contributed by atoms with Crippen LogP contribution < -0.4 is 15.4 Å². The summed E-state index contributed by atoms with van der Waals surface area (Å²) in [6, 6.07) is 11.8. The first-order valence-electron chi connectivity index (χ1n) is 7.43. The van der Waals surface area contributed by atoms with Gasteiger partial charge in [0.15, 0.2) is 0 Å². The molecule has 0 aliphatic heterocycles. The van der Waals surface area contributed by atoms with Crippen molar-refractivity contribution in [3.8, 4) is 5.75 Å². The Hall–Kier alpha value is -3.09. The van der Waals surface area contributed by atoms with Gasteiger partial charge in [0.1, 0.15) is 11.4 Å². The number of carbonyl (C=O) groups excluding carboxylic acids is 1. The molecular formula is C17H19N3O4. The summed E-state index contributed by atoms with van der Waals surface area (Å²) >= 11 is 0. The Labute approximate surface area is 139 Å². The van der Waals surface area contributed by atoms with Gasteiger partial charge in [0.2, 0.25) is 5.91 Å². The zero-order valence-corrected chi connectivity index (χ0v) is 13.5. The number of hydrogen-bond acceptors (Lipinski definition) is 5. The fraction of sp³-hybridized carbons (Fsp3) is 0.235. The lowest BCUT2D eigenvalue weighted by atomic mass is 10.2. The predicted octanol–water partition coefficient (Wildman–Crippen LogP) is 3.35. The molecular weight excluding hydrogens is 310 g/mol. The third kappa shape index (κ3) is 4.45. The van der Waals surface area contributed by atoms with E-state index in [1.807, 2.05) is 19.1 Å². The molecule has 7 heteroatoms. The molecule has 0 saturated carbocycles. The molecule has 0 unspecified atom stereocenters. The number of anilines is 2. The lowest BCUT2D eigenvalue weighted by molar-refractivity contribution is -0.384. The Kier molecular flexibility index (Phi) is 5.73. The van der Waals surface area contributed by atoms with Gasteiger partial charge >= 0.3 is 0 Å². The maximum absolute atomic E-state index is 12.1. The smallest absolute Gasteiger partial charge is 0.292 e. The average Bonchev–Trinajstić information content (AvgIpc) is 2.55. The van der Waals surface area contributed by atoms with Crippen LogP contribution in [0, 0.1) is 17.0 Å². The number of nitro groups is 1. The third-order valence-corrected chi connectivity index (χ3v) is 3.40. The number of para-hydroxylation sites is 2. The normalized spacial score (nSPS) is 10.1. The van der Waals surface area contributed by atoms with Gasteiger partial charge in [-0.2, -0.15) is 0 Å². The maximum atomic E-state index is 12.1. The molecule has 0 atom stereocenters. The number of aryl methyl sites for hydroxylation is 1. The number of methoxy groups -OCH3 is 1. The van der Waals surface area contributed by atoms with Crippen molar-refractivity contribution in [2.45, 2.75) is 13.3 Å². The number of ether oxygens (including phenoxy) is 1. The summed E-state index contributed by atoms with van der Waals surface area (Å²) in [5.74, 6) is 0.380. The summed E-state index contributed by atoms with van der Waals surface area (Å²) < 4.78 is 5.21. The molecule has 0 bridgehead atoms. The number of amides is 1. The van der Waals surface area contributed by atoms with E-state index in [0.717, 1.165) is 5.56 Å². The molecule has 0 heterocycles. The molecule has 0 spiro atoms. The van der Waals surface area contributed by atoms with Crippen molar-refractivity contribution in [1.82, 2.24) is 0 Å².